The summed E-state index contributed by atoms with van der Waals surface area (Å²) in [6.07, 6.45) is -0.350. The molecule has 16 heavy (non-hydrogen) atoms. The summed E-state index contributed by atoms with van der Waals surface area (Å²) < 4.78 is 7.39. The summed E-state index contributed by atoms with van der Waals surface area (Å²) in [6.45, 7) is 6.01. The SMILES string of the molecule is CCN(CC)P1NC(=O)Oc2ccccc21. The quantitative estimate of drug-likeness (QED) is 0.819. The summed E-state index contributed by atoms with van der Waals surface area (Å²) in [5, 5.41) is 3.99. The summed E-state index contributed by atoms with van der Waals surface area (Å²) >= 11 is 0. The molecule has 1 heterocycles. The van der Waals surface area contributed by atoms with Crippen LogP contribution in [0.15, 0.2) is 24.3 Å². The van der Waals surface area contributed by atoms with Gasteiger partial charge >= 0.3 is 6.09 Å². The number of nitrogens with zero attached hydrogens (tertiary/aromatic N) is 1. The van der Waals surface area contributed by atoms with Crippen molar-refractivity contribution in [2.45, 2.75) is 13.8 Å². The van der Waals surface area contributed by atoms with Gasteiger partial charge in [-0.15, -0.1) is 0 Å². The lowest BCUT2D eigenvalue weighted by Gasteiger charge is -2.33. The second kappa shape index (κ2) is 4.81. The van der Waals surface area contributed by atoms with Gasteiger partial charge in [0, 0.05) is 13.1 Å². The van der Waals surface area contributed by atoms with Crippen molar-refractivity contribution in [2.24, 2.45) is 0 Å². The van der Waals surface area contributed by atoms with Crippen LogP contribution in [0.4, 0.5) is 4.79 Å². The number of fused-ring (bicyclic) bond motifs is 1. The van der Waals surface area contributed by atoms with E-state index in [-0.39, 0.29) is 6.09 Å². The zero-order valence-corrected chi connectivity index (χ0v) is 10.3. The van der Waals surface area contributed by atoms with Gasteiger partial charge in [0.2, 0.25) is 0 Å². The molecule has 1 aromatic carbocycles. The highest BCUT2D eigenvalue weighted by Crippen LogP contribution is 2.40. The molecule has 0 bridgehead atoms. The molecule has 2 rings (SSSR count). The van der Waals surface area contributed by atoms with Crippen LogP contribution < -0.4 is 15.1 Å². The number of amides is 1. The molecule has 0 spiro atoms. The highest BCUT2D eigenvalue weighted by molar-refractivity contribution is 7.62. The molecular formula is C11H15N2O2P. The highest BCUT2D eigenvalue weighted by Gasteiger charge is 2.29. The number of carbonyl (C=O) groups is 1. The lowest BCUT2D eigenvalue weighted by molar-refractivity contribution is 0.206. The van der Waals surface area contributed by atoms with Gasteiger partial charge in [-0.2, -0.15) is 0 Å². The molecule has 1 aromatic rings. The predicted octanol–water partition coefficient (Wildman–Crippen LogP) is 2.07. The Bertz CT molecular complexity index is 393. The number of benzene rings is 1. The van der Waals surface area contributed by atoms with Crippen molar-refractivity contribution in [3.8, 4) is 5.75 Å². The second-order valence-corrected chi connectivity index (χ2v) is 5.31. The summed E-state index contributed by atoms with van der Waals surface area (Å²) in [7, 11) is -0.782. The van der Waals surface area contributed by atoms with E-state index in [1.165, 1.54) is 0 Å². The standard InChI is InChI=1S/C11H15N2O2P/c1-3-13(4-2)16-10-8-6-5-7-9(10)15-11(14)12-16/h5-8H,3-4H2,1-2H3,(H,12,14). The Morgan fingerprint density at radius 2 is 2.00 bits per heavy atom. The van der Waals surface area contributed by atoms with E-state index in [2.05, 4.69) is 23.6 Å². The van der Waals surface area contributed by atoms with Gasteiger partial charge in [0.15, 0.2) is 0 Å². The number of hydrogen-bond acceptors (Lipinski definition) is 3. The normalized spacial score (nSPS) is 18.9. The van der Waals surface area contributed by atoms with Crippen molar-refractivity contribution in [2.75, 3.05) is 13.1 Å². The second-order valence-electron chi connectivity index (χ2n) is 3.42. The van der Waals surface area contributed by atoms with E-state index in [4.69, 9.17) is 4.74 Å². The fourth-order valence-corrected chi connectivity index (χ4v) is 3.62. The lowest BCUT2D eigenvalue weighted by Crippen LogP contribution is -2.39. The number of carbonyl (C=O) groups excluding carboxylic acids is 1. The Balaban J connectivity index is 2.36. The van der Waals surface area contributed by atoms with Crippen LogP contribution in [0.3, 0.4) is 0 Å². The molecule has 86 valence electrons. The van der Waals surface area contributed by atoms with Crippen molar-refractivity contribution in [1.29, 1.82) is 0 Å². The van der Waals surface area contributed by atoms with E-state index in [1.54, 1.807) is 0 Å². The molecule has 0 aliphatic carbocycles. The predicted molar refractivity (Wildman–Crippen MR) is 65.1 cm³/mol. The van der Waals surface area contributed by atoms with Gasteiger partial charge in [-0.3, -0.25) is 9.76 Å². The van der Waals surface area contributed by atoms with Crippen LogP contribution in [0.1, 0.15) is 13.8 Å². The molecular weight excluding hydrogens is 223 g/mol. The van der Waals surface area contributed by atoms with Crippen molar-refractivity contribution in [1.82, 2.24) is 9.76 Å². The zero-order valence-electron chi connectivity index (χ0n) is 9.43. The third kappa shape index (κ3) is 2.04. The summed E-state index contributed by atoms with van der Waals surface area (Å²) in [6, 6.07) is 7.71. The number of nitrogens with one attached hydrogen (secondary N) is 1. The maximum atomic E-state index is 11.4. The highest BCUT2D eigenvalue weighted by atomic mass is 31.1. The maximum Gasteiger partial charge on any atom is 0.417 e. The first-order valence-electron chi connectivity index (χ1n) is 5.38. The van der Waals surface area contributed by atoms with Crippen LogP contribution in [-0.4, -0.2) is 23.9 Å². The van der Waals surface area contributed by atoms with Crippen molar-refractivity contribution in [3.63, 3.8) is 0 Å². The van der Waals surface area contributed by atoms with Gasteiger partial charge < -0.3 is 4.74 Å². The largest absolute Gasteiger partial charge is 0.417 e. The van der Waals surface area contributed by atoms with Gasteiger partial charge in [0.25, 0.3) is 0 Å². The van der Waals surface area contributed by atoms with Crippen LogP contribution in [-0.2, 0) is 0 Å². The first-order valence-corrected chi connectivity index (χ1v) is 6.68. The third-order valence-electron chi connectivity index (χ3n) is 2.51. The molecule has 1 amide bonds. The van der Waals surface area contributed by atoms with E-state index < -0.39 is 8.22 Å². The van der Waals surface area contributed by atoms with Crippen molar-refractivity contribution in [3.05, 3.63) is 24.3 Å². The Morgan fingerprint density at radius 3 is 2.69 bits per heavy atom. The minimum atomic E-state index is -0.782. The molecule has 0 aromatic heterocycles. The Labute approximate surface area is 96.4 Å². The first-order chi connectivity index (χ1) is 7.76. The third-order valence-corrected chi connectivity index (χ3v) is 4.86. The fraction of sp³-hybridized carbons (Fsp3) is 0.364. The van der Waals surface area contributed by atoms with E-state index in [1.807, 2.05) is 24.3 Å². The average Bonchev–Trinajstić information content (AvgIpc) is 2.30. The zero-order chi connectivity index (χ0) is 11.5. The molecule has 4 nitrogen and oxygen atoms in total. The van der Waals surface area contributed by atoms with Crippen LogP contribution in [0.2, 0.25) is 0 Å². The van der Waals surface area contributed by atoms with Crippen LogP contribution in [0, 0.1) is 0 Å². The van der Waals surface area contributed by atoms with Gasteiger partial charge in [0.1, 0.15) is 14.0 Å². The van der Waals surface area contributed by atoms with Gasteiger partial charge in [0.05, 0.1) is 5.30 Å². The first kappa shape index (κ1) is 11.4. The number of hydrogen-bond donors (Lipinski definition) is 1. The molecule has 1 aliphatic rings. The van der Waals surface area contributed by atoms with Crippen molar-refractivity contribution >= 4 is 19.6 Å². The smallest absolute Gasteiger partial charge is 0.409 e. The Hall–Kier alpha value is -1.12. The van der Waals surface area contributed by atoms with Gasteiger partial charge in [-0.05, 0) is 12.1 Å². The van der Waals surface area contributed by atoms with E-state index >= 15 is 0 Å². The lowest BCUT2D eigenvalue weighted by atomic mass is 10.3. The van der Waals surface area contributed by atoms with Crippen LogP contribution >= 0.6 is 8.22 Å². The number of para-hydroxylation sites is 1. The van der Waals surface area contributed by atoms with E-state index in [9.17, 15) is 4.79 Å². The molecule has 5 heteroatoms. The maximum absolute atomic E-state index is 11.4. The molecule has 1 unspecified atom stereocenters. The topological polar surface area (TPSA) is 41.6 Å². The van der Waals surface area contributed by atoms with E-state index in [0.717, 1.165) is 18.4 Å². The van der Waals surface area contributed by atoms with E-state index in [0.29, 0.717) is 5.75 Å². The van der Waals surface area contributed by atoms with Crippen LogP contribution in [0.5, 0.6) is 5.75 Å². The average molecular weight is 238 g/mol. The Morgan fingerprint density at radius 1 is 1.31 bits per heavy atom. The number of ether oxygens (including phenoxy) is 1. The molecule has 0 saturated carbocycles. The molecule has 1 atom stereocenters. The van der Waals surface area contributed by atoms with Gasteiger partial charge in [-0.1, -0.05) is 26.0 Å². The minimum Gasteiger partial charge on any atom is -0.409 e. The van der Waals surface area contributed by atoms with Crippen LogP contribution in [0.25, 0.3) is 0 Å². The van der Waals surface area contributed by atoms with Crippen molar-refractivity contribution < 1.29 is 9.53 Å². The summed E-state index contributed by atoms with van der Waals surface area (Å²) in [5.74, 6) is 0.685. The number of rotatable bonds is 3. The molecule has 1 aliphatic heterocycles. The molecule has 0 radical (unpaired) electrons. The molecule has 0 saturated heterocycles. The molecule has 0 fully saturated rings. The summed E-state index contributed by atoms with van der Waals surface area (Å²) in [4.78, 5) is 11.4. The molecule has 1 N–H and O–H groups in total. The van der Waals surface area contributed by atoms with Gasteiger partial charge in [-0.25, -0.2) is 4.79 Å². The summed E-state index contributed by atoms with van der Waals surface area (Å²) in [5.41, 5.74) is 0. The Kier molecular flexibility index (Phi) is 3.42. The fourth-order valence-electron chi connectivity index (χ4n) is 1.72. The minimum absolute atomic E-state index is 0.350. The monoisotopic (exact) mass is 238 g/mol.